The Balaban J connectivity index is 2.51. The zero-order chi connectivity index (χ0) is 12.4. The molecule has 0 unspecified atom stereocenters. The Kier molecular flexibility index (Phi) is 3.00. The van der Waals surface area contributed by atoms with Crippen molar-refractivity contribution in [3.05, 3.63) is 48.3 Å². The summed E-state index contributed by atoms with van der Waals surface area (Å²) in [5.41, 5.74) is 2.31. The lowest BCUT2D eigenvalue weighted by atomic mass is 10.1. The molecule has 3 heteroatoms. The Bertz CT molecular complexity index is 526. The van der Waals surface area contributed by atoms with Crippen molar-refractivity contribution >= 4 is 5.97 Å². The second-order valence-electron chi connectivity index (χ2n) is 4.29. The second kappa shape index (κ2) is 4.45. The van der Waals surface area contributed by atoms with Gasteiger partial charge in [-0.25, -0.2) is 4.79 Å². The summed E-state index contributed by atoms with van der Waals surface area (Å²) in [4.78, 5) is 11.2. The smallest absolute Gasteiger partial charge is 0.352 e. The summed E-state index contributed by atoms with van der Waals surface area (Å²) >= 11 is 0. The first-order valence-corrected chi connectivity index (χ1v) is 5.60. The number of rotatable bonds is 3. The minimum Gasteiger partial charge on any atom is -0.477 e. The van der Waals surface area contributed by atoms with Crippen LogP contribution in [0.5, 0.6) is 0 Å². The number of aromatic nitrogens is 1. The molecule has 0 atom stereocenters. The maximum absolute atomic E-state index is 11.2. The van der Waals surface area contributed by atoms with Crippen LogP contribution in [-0.2, 0) is 0 Å². The normalized spacial score (nSPS) is 10.8. The number of carbonyl (C=O) groups is 1. The molecule has 3 nitrogen and oxygen atoms in total. The zero-order valence-corrected chi connectivity index (χ0v) is 9.92. The van der Waals surface area contributed by atoms with E-state index in [1.165, 1.54) is 0 Å². The van der Waals surface area contributed by atoms with E-state index in [4.69, 9.17) is 5.11 Å². The number of hydrogen-bond acceptors (Lipinski definition) is 1. The molecule has 0 fully saturated rings. The Morgan fingerprint density at radius 2 is 1.82 bits per heavy atom. The fourth-order valence-electron chi connectivity index (χ4n) is 1.87. The molecule has 0 amide bonds. The fourth-order valence-corrected chi connectivity index (χ4v) is 1.87. The summed E-state index contributed by atoms with van der Waals surface area (Å²) in [7, 11) is 0. The molecule has 0 aliphatic rings. The highest BCUT2D eigenvalue weighted by atomic mass is 16.4. The van der Waals surface area contributed by atoms with Gasteiger partial charge in [-0.2, -0.15) is 0 Å². The molecule has 0 bridgehead atoms. The number of carboxylic acids is 1. The summed E-state index contributed by atoms with van der Waals surface area (Å²) in [5.74, 6) is -0.888. The van der Waals surface area contributed by atoms with Crippen LogP contribution in [0, 0.1) is 0 Å². The van der Waals surface area contributed by atoms with Crippen LogP contribution in [0.15, 0.2) is 42.6 Å². The van der Waals surface area contributed by atoms with Crippen LogP contribution in [-0.4, -0.2) is 15.6 Å². The van der Waals surface area contributed by atoms with Gasteiger partial charge in [0.25, 0.3) is 0 Å². The topological polar surface area (TPSA) is 42.2 Å². The van der Waals surface area contributed by atoms with Crippen molar-refractivity contribution in [2.45, 2.75) is 19.9 Å². The van der Waals surface area contributed by atoms with Crippen molar-refractivity contribution in [1.29, 1.82) is 0 Å². The van der Waals surface area contributed by atoms with E-state index in [-0.39, 0.29) is 6.04 Å². The third-order valence-electron chi connectivity index (χ3n) is 2.73. The predicted molar refractivity (Wildman–Crippen MR) is 67.2 cm³/mol. The largest absolute Gasteiger partial charge is 0.477 e. The molecule has 0 aliphatic heterocycles. The highest BCUT2D eigenvalue weighted by Gasteiger charge is 2.14. The first kappa shape index (κ1) is 11.5. The number of hydrogen-bond donors (Lipinski definition) is 1. The molecule has 1 N–H and O–H groups in total. The Labute approximate surface area is 100 Å². The minimum absolute atomic E-state index is 0.138. The maximum Gasteiger partial charge on any atom is 0.352 e. The lowest BCUT2D eigenvalue weighted by Gasteiger charge is -2.09. The standard InChI is InChI=1S/C14H15NO2/c1-10(2)15-9-12(8-13(15)14(16)17)11-6-4-3-5-7-11/h3-10H,1-2H3,(H,16,17). The summed E-state index contributed by atoms with van der Waals surface area (Å²) in [6, 6.07) is 11.7. The number of nitrogens with zero attached hydrogens (tertiary/aromatic N) is 1. The summed E-state index contributed by atoms with van der Waals surface area (Å²) in [6.07, 6.45) is 1.89. The van der Waals surface area contributed by atoms with Crippen LogP contribution in [0.1, 0.15) is 30.4 Å². The van der Waals surface area contributed by atoms with Gasteiger partial charge >= 0.3 is 5.97 Å². The summed E-state index contributed by atoms with van der Waals surface area (Å²) < 4.78 is 1.78. The van der Waals surface area contributed by atoms with E-state index in [2.05, 4.69) is 0 Å². The zero-order valence-electron chi connectivity index (χ0n) is 9.92. The molecule has 0 spiro atoms. The van der Waals surface area contributed by atoms with Gasteiger partial charge in [-0.15, -0.1) is 0 Å². The second-order valence-corrected chi connectivity index (χ2v) is 4.29. The van der Waals surface area contributed by atoms with Crippen LogP contribution < -0.4 is 0 Å². The van der Waals surface area contributed by atoms with Gasteiger partial charge in [0.05, 0.1) is 0 Å². The monoisotopic (exact) mass is 229 g/mol. The van der Waals surface area contributed by atoms with Crippen LogP contribution in [0.4, 0.5) is 0 Å². The van der Waals surface area contributed by atoms with E-state index in [0.717, 1.165) is 11.1 Å². The van der Waals surface area contributed by atoms with E-state index in [9.17, 15) is 4.79 Å². The van der Waals surface area contributed by atoms with Gasteiger partial charge in [0, 0.05) is 17.8 Å². The Hall–Kier alpha value is -2.03. The fraction of sp³-hybridized carbons (Fsp3) is 0.214. The number of carboxylic acid groups (broad SMARTS) is 1. The Morgan fingerprint density at radius 3 is 2.29 bits per heavy atom. The molecule has 88 valence electrons. The lowest BCUT2D eigenvalue weighted by molar-refractivity contribution is 0.0683. The molecule has 0 saturated heterocycles. The van der Waals surface area contributed by atoms with Gasteiger partial charge in [-0.1, -0.05) is 30.3 Å². The summed E-state index contributed by atoms with van der Waals surface area (Å²) in [5, 5.41) is 9.15. The van der Waals surface area contributed by atoms with Crippen LogP contribution in [0.2, 0.25) is 0 Å². The molecule has 0 radical (unpaired) electrons. The molecule has 2 aromatic rings. The van der Waals surface area contributed by atoms with E-state index in [1.807, 2.05) is 50.4 Å². The van der Waals surface area contributed by atoms with Gasteiger partial charge in [0.1, 0.15) is 5.69 Å². The average Bonchev–Trinajstić information content (AvgIpc) is 2.75. The highest BCUT2D eigenvalue weighted by molar-refractivity contribution is 5.88. The number of aromatic carboxylic acids is 1. The molecule has 0 saturated carbocycles. The van der Waals surface area contributed by atoms with Gasteiger partial charge in [-0.3, -0.25) is 0 Å². The van der Waals surface area contributed by atoms with Crippen molar-refractivity contribution in [2.75, 3.05) is 0 Å². The molecular formula is C14H15NO2. The number of benzene rings is 1. The first-order chi connectivity index (χ1) is 8.09. The molecule has 17 heavy (non-hydrogen) atoms. The van der Waals surface area contributed by atoms with Crippen LogP contribution in [0.25, 0.3) is 11.1 Å². The third-order valence-corrected chi connectivity index (χ3v) is 2.73. The van der Waals surface area contributed by atoms with Gasteiger partial charge in [0.2, 0.25) is 0 Å². The van der Waals surface area contributed by atoms with E-state index >= 15 is 0 Å². The van der Waals surface area contributed by atoms with Crippen molar-refractivity contribution in [1.82, 2.24) is 4.57 Å². The van der Waals surface area contributed by atoms with Crippen molar-refractivity contribution in [2.24, 2.45) is 0 Å². The van der Waals surface area contributed by atoms with Gasteiger partial charge in [0.15, 0.2) is 0 Å². The third kappa shape index (κ3) is 2.23. The minimum atomic E-state index is -0.888. The first-order valence-electron chi connectivity index (χ1n) is 5.60. The van der Waals surface area contributed by atoms with Crippen molar-refractivity contribution in [3.8, 4) is 11.1 Å². The van der Waals surface area contributed by atoms with Crippen LogP contribution in [0.3, 0.4) is 0 Å². The maximum atomic E-state index is 11.2. The van der Waals surface area contributed by atoms with Crippen LogP contribution >= 0.6 is 0 Å². The van der Waals surface area contributed by atoms with Crippen molar-refractivity contribution in [3.63, 3.8) is 0 Å². The predicted octanol–water partition coefficient (Wildman–Crippen LogP) is 3.43. The SMILES string of the molecule is CC(C)n1cc(-c2ccccc2)cc1C(=O)O. The quantitative estimate of drug-likeness (QED) is 0.876. The highest BCUT2D eigenvalue weighted by Crippen LogP contribution is 2.24. The molecule has 2 rings (SSSR count). The summed E-state index contributed by atoms with van der Waals surface area (Å²) in [6.45, 7) is 3.95. The molecular weight excluding hydrogens is 214 g/mol. The average molecular weight is 229 g/mol. The molecule has 1 aromatic heterocycles. The van der Waals surface area contributed by atoms with E-state index < -0.39 is 5.97 Å². The molecule has 1 heterocycles. The van der Waals surface area contributed by atoms with Crippen molar-refractivity contribution < 1.29 is 9.90 Å². The van der Waals surface area contributed by atoms with E-state index in [1.54, 1.807) is 10.6 Å². The van der Waals surface area contributed by atoms with Gasteiger partial charge in [-0.05, 0) is 25.5 Å². The molecule has 1 aromatic carbocycles. The molecule has 0 aliphatic carbocycles. The Morgan fingerprint density at radius 1 is 1.18 bits per heavy atom. The van der Waals surface area contributed by atoms with E-state index in [0.29, 0.717) is 5.69 Å². The lowest BCUT2D eigenvalue weighted by Crippen LogP contribution is -2.09. The van der Waals surface area contributed by atoms with Gasteiger partial charge < -0.3 is 9.67 Å².